The predicted octanol–water partition coefficient (Wildman–Crippen LogP) is 12.8. The molecular formula is C32H37NS5. The Hall–Kier alpha value is -1.62. The lowest BCUT2D eigenvalue weighted by molar-refractivity contribution is 0.667. The molecule has 4 aromatic heterocycles. The summed E-state index contributed by atoms with van der Waals surface area (Å²) < 4.78 is 5.46. The van der Waals surface area contributed by atoms with Gasteiger partial charge in [-0.1, -0.05) is 64.5 Å². The molecule has 0 aliphatic heterocycles. The Balaban J connectivity index is 1.64. The van der Waals surface area contributed by atoms with Crippen LogP contribution in [0.4, 0.5) is 0 Å². The minimum absolute atomic E-state index is 1.09. The van der Waals surface area contributed by atoms with E-state index < -0.39 is 0 Å². The molecule has 0 aromatic carbocycles. The first-order valence-corrected chi connectivity index (χ1v) is 18.2. The maximum atomic E-state index is 8.89. The van der Waals surface area contributed by atoms with E-state index in [9.17, 15) is 0 Å². The van der Waals surface area contributed by atoms with Gasteiger partial charge in [0.05, 0.1) is 15.5 Å². The summed E-state index contributed by atoms with van der Waals surface area (Å²) in [4.78, 5) is 6.74. The van der Waals surface area contributed by atoms with Gasteiger partial charge in [0.15, 0.2) is 0 Å². The Morgan fingerprint density at radius 1 is 0.895 bits per heavy atom. The molecular weight excluding hydrogens is 559 g/mol. The van der Waals surface area contributed by atoms with Gasteiger partial charge in [-0.25, -0.2) is 0 Å². The summed E-state index contributed by atoms with van der Waals surface area (Å²) in [5.74, 6) is 0. The van der Waals surface area contributed by atoms with E-state index in [1.54, 1.807) is 17.4 Å². The van der Waals surface area contributed by atoms with E-state index in [4.69, 9.17) is 5.26 Å². The van der Waals surface area contributed by atoms with Gasteiger partial charge in [0.1, 0.15) is 0 Å². The van der Waals surface area contributed by atoms with Crippen molar-refractivity contribution < 1.29 is 0 Å². The van der Waals surface area contributed by atoms with Crippen LogP contribution in [0.5, 0.6) is 0 Å². The molecule has 4 rings (SSSR count). The summed E-state index contributed by atoms with van der Waals surface area (Å²) in [6.07, 6.45) is 20.6. The zero-order valence-corrected chi connectivity index (χ0v) is 26.8. The summed E-state index contributed by atoms with van der Waals surface area (Å²) >= 11 is 9.43. The highest BCUT2D eigenvalue weighted by molar-refractivity contribution is 8.07. The van der Waals surface area contributed by atoms with Gasteiger partial charge < -0.3 is 0 Å². The highest BCUT2D eigenvalue weighted by Crippen LogP contribution is 2.49. The maximum Gasteiger partial charge on any atom is 0.0912 e. The average molecular weight is 596 g/mol. The summed E-state index contributed by atoms with van der Waals surface area (Å²) in [6, 6.07) is 9.19. The third-order valence-electron chi connectivity index (χ3n) is 6.65. The van der Waals surface area contributed by atoms with Crippen molar-refractivity contribution in [3.63, 3.8) is 0 Å². The molecule has 0 atom stereocenters. The number of unbranched alkanes of at least 4 members (excludes halogenated alkanes) is 6. The van der Waals surface area contributed by atoms with Crippen molar-refractivity contribution in [3.05, 3.63) is 57.8 Å². The van der Waals surface area contributed by atoms with Gasteiger partial charge >= 0.3 is 0 Å². The summed E-state index contributed by atoms with van der Waals surface area (Å²) in [7, 11) is 0. The highest BCUT2D eigenvalue weighted by Gasteiger charge is 2.18. The fourth-order valence-corrected chi connectivity index (χ4v) is 10.7. The highest BCUT2D eigenvalue weighted by atomic mass is 32.2. The fourth-order valence-electron chi connectivity index (χ4n) is 4.62. The Morgan fingerprint density at radius 2 is 1.61 bits per heavy atom. The first-order chi connectivity index (χ1) is 18.6. The van der Waals surface area contributed by atoms with Gasteiger partial charge in [-0.2, -0.15) is 5.26 Å². The SMILES string of the molecule is C=C(/C=C(\SC)c1sc(-c2cc3sc4cc(/C=C\C#N)sc4c3s2)cc1CCCCCC)CCCCCC. The molecule has 4 aromatic rings. The number of thioether (sulfide) groups is 1. The maximum absolute atomic E-state index is 8.89. The van der Waals surface area contributed by atoms with Crippen LogP contribution in [0.1, 0.15) is 87.0 Å². The molecule has 4 heterocycles. The zero-order valence-electron chi connectivity index (χ0n) is 22.7. The number of hydrogen-bond donors (Lipinski definition) is 0. The first kappa shape index (κ1) is 29.4. The van der Waals surface area contributed by atoms with Crippen molar-refractivity contribution in [3.8, 4) is 15.8 Å². The minimum Gasteiger partial charge on any atom is -0.193 e. The number of nitriles is 1. The molecule has 0 saturated carbocycles. The molecule has 200 valence electrons. The fraction of sp³-hybridized carbons (Fsp3) is 0.406. The summed E-state index contributed by atoms with van der Waals surface area (Å²) in [6.45, 7) is 8.96. The number of nitrogens with zero attached hydrogens (tertiary/aromatic N) is 1. The molecule has 0 amide bonds. The molecule has 0 spiro atoms. The third kappa shape index (κ3) is 7.31. The van der Waals surface area contributed by atoms with Gasteiger partial charge in [-0.3, -0.25) is 0 Å². The normalized spacial score (nSPS) is 12.3. The smallest absolute Gasteiger partial charge is 0.0912 e. The number of hydrogen-bond acceptors (Lipinski definition) is 6. The first-order valence-electron chi connectivity index (χ1n) is 13.7. The molecule has 0 bridgehead atoms. The number of aryl methyl sites for hydroxylation is 1. The van der Waals surface area contributed by atoms with Crippen LogP contribution in [-0.4, -0.2) is 6.26 Å². The lowest BCUT2D eigenvalue weighted by Gasteiger charge is -2.08. The standard InChI is InChI=1S/C32H37NS5/c1-5-7-9-11-14-22(3)18-27(34-4)30-23(15-12-10-8-6-2)19-25(37-30)26-21-29-32(38-26)31-28(36-29)20-24(35-31)16-13-17-33/h13,16,18-21H,3,5-12,14-15H2,1-2,4H3/b16-13-,27-18-. The van der Waals surface area contributed by atoms with Gasteiger partial charge in [-0.05, 0) is 67.9 Å². The lowest BCUT2D eigenvalue weighted by atomic mass is 10.0. The van der Waals surface area contributed by atoms with Crippen molar-refractivity contribution >= 4 is 86.9 Å². The number of fused-ring (bicyclic) bond motifs is 3. The second-order valence-corrected chi connectivity index (χ2v) is 14.8. The van der Waals surface area contributed by atoms with Gasteiger partial charge in [-0.15, -0.1) is 57.1 Å². The van der Waals surface area contributed by atoms with Crippen LogP contribution in [0.25, 0.3) is 39.5 Å². The summed E-state index contributed by atoms with van der Waals surface area (Å²) in [5, 5.41) is 8.89. The van der Waals surface area contributed by atoms with E-state index >= 15 is 0 Å². The molecule has 0 aliphatic carbocycles. The Labute approximate surface area is 248 Å². The van der Waals surface area contributed by atoms with Crippen molar-refractivity contribution in [2.24, 2.45) is 0 Å². The average Bonchev–Trinajstić information content (AvgIpc) is 3.67. The Kier molecular flexibility index (Phi) is 11.3. The van der Waals surface area contributed by atoms with E-state index in [1.807, 2.05) is 51.8 Å². The molecule has 0 N–H and O–H groups in total. The van der Waals surface area contributed by atoms with Crippen LogP contribution in [0.15, 0.2) is 42.5 Å². The number of rotatable bonds is 15. The molecule has 38 heavy (non-hydrogen) atoms. The summed E-state index contributed by atoms with van der Waals surface area (Å²) in [5.41, 5.74) is 2.76. The van der Waals surface area contributed by atoms with E-state index in [2.05, 4.69) is 57.0 Å². The van der Waals surface area contributed by atoms with Crippen molar-refractivity contribution in [2.45, 2.75) is 78.1 Å². The third-order valence-corrected chi connectivity index (χ3v) is 12.7. The number of allylic oxidation sites excluding steroid dienone is 3. The molecule has 0 fully saturated rings. The van der Waals surface area contributed by atoms with E-state index in [0.717, 1.165) is 17.7 Å². The molecule has 0 aliphatic rings. The Morgan fingerprint density at radius 3 is 2.34 bits per heavy atom. The quantitative estimate of drug-likeness (QED) is 0.0775. The minimum atomic E-state index is 1.09. The Bertz CT molecular complexity index is 1460. The predicted molar refractivity (Wildman–Crippen MR) is 180 cm³/mol. The van der Waals surface area contributed by atoms with Crippen LogP contribution in [0, 0.1) is 11.3 Å². The van der Waals surface area contributed by atoms with E-state index in [0.29, 0.717) is 0 Å². The monoisotopic (exact) mass is 595 g/mol. The number of thiophene rings is 4. The van der Waals surface area contributed by atoms with Crippen LogP contribution in [0.2, 0.25) is 0 Å². The van der Waals surface area contributed by atoms with Crippen molar-refractivity contribution in [1.82, 2.24) is 0 Å². The van der Waals surface area contributed by atoms with E-state index in [1.165, 1.54) is 101 Å². The lowest BCUT2D eigenvalue weighted by Crippen LogP contribution is -1.89. The van der Waals surface area contributed by atoms with Crippen LogP contribution in [-0.2, 0) is 6.42 Å². The van der Waals surface area contributed by atoms with Crippen LogP contribution < -0.4 is 0 Å². The molecule has 6 heteroatoms. The molecule has 0 unspecified atom stereocenters. The van der Waals surface area contributed by atoms with Crippen molar-refractivity contribution in [2.75, 3.05) is 6.26 Å². The topological polar surface area (TPSA) is 23.8 Å². The zero-order chi connectivity index (χ0) is 26.9. The van der Waals surface area contributed by atoms with Gasteiger partial charge in [0, 0.05) is 39.9 Å². The van der Waals surface area contributed by atoms with Crippen LogP contribution >= 0.6 is 57.1 Å². The van der Waals surface area contributed by atoms with E-state index in [-0.39, 0.29) is 0 Å². The van der Waals surface area contributed by atoms with Crippen LogP contribution in [0.3, 0.4) is 0 Å². The largest absolute Gasteiger partial charge is 0.193 e. The second-order valence-electron chi connectivity index (χ2n) is 9.67. The molecule has 1 nitrogen and oxygen atoms in total. The second kappa shape index (κ2) is 14.7. The van der Waals surface area contributed by atoms with Gasteiger partial charge in [0.25, 0.3) is 0 Å². The van der Waals surface area contributed by atoms with Gasteiger partial charge in [0.2, 0.25) is 0 Å². The molecule has 0 radical (unpaired) electrons. The molecule has 0 saturated heterocycles. The van der Waals surface area contributed by atoms with Crippen molar-refractivity contribution in [1.29, 1.82) is 5.26 Å².